The molecule has 0 aliphatic carbocycles. The molecule has 0 bridgehead atoms. The summed E-state index contributed by atoms with van der Waals surface area (Å²) in [7, 11) is -4.18. The highest BCUT2D eigenvalue weighted by molar-refractivity contribution is 9.10. The Morgan fingerprint density at radius 2 is 1.50 bits per heavy atom. The average Bonchev–Trinajstić information content (AvgIpc) is 2.98. The molecule has 230 valence electrons. The van der Waals surface area contributed by atoms with Gasteiger partial charge >= 0.3 is 0 Å². The van der Waals surface area contributed by atoms with Gasteiger partial charge in [0, 0.05) is 28.5 Å². The molecule has 0 radical (unpaired) electrons. The van der Waals surface area contributed by atoms with Crippen LogP contribution in [0.4, 0.5) is 5.69 Å². The normalized spacial score (nSPS) is 12.0. The molecule has 4 aromatic carbocycles. The zero-order valence-electron chi connectivity index (χ0n) is 24.8. The minimum absolute atomic E-state index is 0.0442. The number of anilines is 1. The Morgan fingerprint density at radius 1 is 0.864 bits per heavy atom. The predicted molar refractivity (Wildman–Crippen MR) is 179 cm³/mol. The number of hydrogen-bond acceptors (Lipinski definition) is 4. The molecule has 0 aromatic heterocycles. The van der Waals surface area contributed by atoms with E-state index in [1.807, 2.05) is 75.4 Å². The molecule has 4 aromatic rings. The van der Waals surface area contributed by atoms with Crippen LogP contribution in [0.1, 0.15) is 30.5 Å². The summed E-state index contributed by atoms with van der Waals surface area (Å²) >= 11 is 9.62. The largest absolute Gasteiger partial charge is 0.352 e. The lowest BCUT2D eigenvalue weighted by Crippen LogP contribution is -2.54. The van der Waals surface area contributed by atoms with Crippen molar-refractivity contribution in [1.29, 1.82) is 0 Å². The van der Waals surface area contributed by atoms with Crippen molar-refractivity contribution in [3.8, 4) is 0 Å². The fraction of sp³-hybridized carbons (Fsp3) is 0.235. The second-order valence-corrected chi connectivity index (χ2v) is 14.0. The third-order valence-corrected chi connectivity index (χ3v) is 9.48. The first-order chi connectivity index (χ1) is 20.9. The molecule has 0 unspecified atom stereocenters. The SMILES string of the molecule is Cc1ccc(S(=O)(=O)N(CC(=O)N(Cc2cccc(Br)c2)[C@H](Cc2ccccc2)C(=O)NC(C)C)c2ccc(Cl)cc2)cc1. The molecule has 2 amide bonds. The summed E-state index contributed by atoms with van der Waals surface area (Å²) in [5.74, 6) is -0.859. The maximum absolute atomic E-state index is 14.4. The number of carbonyl (C=O) groups is 2. The van der Waals surface area contributed by atoms with Gasteiger partial charge in [-0.25, -0.2) is 8.42 Å². The number of hydrogen-bond donors (Lipinski definition) is 1. The molecule has 0 saturated carbocycles. The summed E-state index contributed by atoms with van der Waals surface area (Å²) in [4.78, 5) is 29.7. The highest BCUT2D eigenvalue weighted by atomic mass is 79.9. The molecule has 0 spiro atoms. The Morgan fingerprint density at radius 3 is 2.11 bits per heavy atom. The van der Waals surface area contributed by atoms with E-state index in [0.717, 1.165) is 25.5 Å². The van der Waals surface area contributed by atoms with E-state index in [-0.39, 0.29) is 35.5 Å². The highest BCUT2D eigenvalue weighted by Gasteiger charge is 2.34. The van der Waals surface area contributed by atoms with E-state index < -0.39 is 28.5 Å². The lowest BCUT2D eigenvalue weighted by Gasteiger charge is -2.34. The van der Waals surface area contributed by atoms with Crippen LogP contribution in [0, 0.1) is 6.92 Å². The summed E-state index contributed by atoms with van der Waals surface area (Å²) in [6.45, 7) is 5.13. The number of benzene rings is 4. The van der Waals surface area contributed by atoms with Crippen LogP contribution in [0.3, 0.4) is 0 Å². The van der Waals surface area contributed by atoms with E-state index in [2.05, 4.69) is 21.2 Å². The van der Waals surface area contributed by atoms with E-state index in [9.17, 15) is 18.0 Å². The van der Waals surface area contributed by atoms with Crippen molar-refractivity contribution in [3.05, 3.63) is 129 Å². The maximum atomic E-state index is 14.4. The first-order valence-electron chi connectivity index (χ1n) is 14.2. The number of carbonyl (C=O) groups excluding carboxylic acids is 2. The second kappa shape index (κ2) is 14.9. The number of amides is 2. The standard InChI is InChI=1S/C34H35BrClN3O4S/c1-24(2)37-34(41)32(21-26-8-5-4-6-9-26)38(22-27-10-7-11-28(35)20-27)33(40)23-39(30-16-14-29(36)15-17-30)44(42,43)31-18-12-25(3)13-19-31/h4-20,24,32H,21-23H2,1-3H3,(H,37,41)/t32-/m1/s1. The molecule has 0 aliphatic rings. The monoisotopic (exact) mass is 695 g/mol. The third kappa shape index (κ3) is 8.71. The minimum atomic E-state index is -4.18. The fourth-order valence-electron chi connectivity index (χ4n) is 4.74. The molecular weight excluding hydrogens is 662 g/mol. The number of halogens is 2. The predicted octanol–water partition coefficient (Wildman–Crippen LogP) is 6.77. The Bertz CT molecular complexity index is 1680. The van der Waals surface area contributed by atoms with Gasteiger partial charge in [0.2, 0.25) is 11.8 Å². The van der Waals surface area contributed by atoms with Crippen molar-refractivity contribution >= 4 is 55.1 Å². The smallest absolute Gasteiger partial charge is 0.264 e. The first kappa shape index (κ1) is 33.2. The first-order valence-corrected chi connectivity index (χ1v) is 16.8. The average molecular weight is 697 g/mol. The van der Waals surface area contributed by atoms with Gasteiger partial charge in [0.05, 0.1) is 10.6 Å². The quantitative estimate of drug-likeness (QED) is 0.177. The van der Waals surface area contributed by atoms with Crippen molar-refractivity contribution in [1.82, 2.24) is 10.2 Å². The number of nitrogens with one attached hydrogen (secondary N) is 1. The number of sulfonamides is 1. The van der Waals surface area contributed by atoms with Gasteiger partial charge in [-0.3, -0.25) is 13.9 Å². The molecule has 0 saturated heterocycles. The Balaban J connectivity index is 1.80. The number of nitrogens with zero attached hydrogens (tertiary/aromatic N) is 2. The second-order valence-electron chi connectivity index (χ2n) is 10.8. The highest BCUT2D eigenvalue weighted by Crippen LogP contribution is 2.27. The molecule has 0 heterocycles. The van der Waals surface area contributed by atoms with Crippen molar-refractivity contribution < 1.29 is 18.0 Å². The van der Waals surface area contributed by atoms with Gasteiger partial charge in [0.15, 0.2) is 0 Å². The van der Waals surface area contributed by atoms with Crippen molar-refractivity contribution in [2.24, 2.45) is 0 Å². The van der Waals surface area contributed by atoms with Gasteiger partial charge in [-0.05, 0) is 80.4 Å². The van der Waals surface area contributed by atoms with E-state index >= 15 is 0 Å². The van der Waals surface area contributed by atoms with Crippen LogP contribution >= 0.6 is 27.5 Å². The van der Waals surface area contributed by atoms with Crippen molar-refractivity contribution in [2.75, 3.05) is 10.8 Å². The van der Waals surface area contributed by atoms with Gasteiger partial charge in [0.1, 0.15) is 12.6 Å². The summed E-state index contributed by atoms with van der Waals surface area (Å²) in [5.41, 5.74) is 2.82. The molecule has 4 rings (SSSR count). The molecule has 1 N–H and O–H groups in total. The summed E-state index contributed by atoms with van der Waals surface area (Å²) in [5, 5.41) is 3.39. The van der Waals surface area contributed by atoms with Crippen LogP contribution in [-0.4, -0.2) is 43.8 Å². The van der Waals surface area contributed by atoms with Gasteiger partial charge in [-0.1, -0.05) is 87.7 Å². The molecule has 0 aliphatic heterocycles. The lowest BCUT2D eigenvalue weighted by atomic mass is 10.0. The molecular formula is C34H35BrClN3O4S. The van der Waals surface area contributed by atoms with Crippen LogP contribution in [0.15, 0.2) is 112 Å². The van der Waals surface area contributed by atoms with Crippen LogP contribution in [0.2, 0.25) is 5.02 Å². The summed E-state index contributed by atoms with van der Waals surface area (Å²) in [6.07, 6.45) is 0.241. The van der Waals surface area contributed by atoms with Gasteiger partial charge in [0.25, 0.3) is 10.0 Å². The van der Waals surface area contributed by atoms with E-state index in [1.165, 1.54) is 17.0 Å². The van der Waals surface area contributed by atoms with Crippen LogP contribution in [0.5, 0.6) is 0 Å². The topological polar surface area (TPSA) is 86.8 Å². The maximum Gasteiger partial charge on any atom is 0.264 e. The van der Waals surface area contributed by atoms with Crippen molar-refractivity contribution in [2.45, 2.75) is 50.7 Å². The Kier molecular flexibility index (Phi) is 11.2. The van der Waals surface area contributed by atoms with Crippen LogP contribution < -0.4 is 9.62 Å². The summed E-state index contributed by atoms with van der Waals surface area (Å²) < 4.78 is 30.0. The van der Waals surface area contributed by atoms with Crippen LogP contribution in [-0.2, 0) is 32.6 Å². The fourth-order valence-corrected chi connectivity index (χ4v) is 6.73. The van der Waals surface area contributed by atoms with Crippen molar-refractivity contribution in [3.63, 3.8) is 0 Å². The third-order valence-electron chi connectivity index (χ3n) is 6.95. The zero-order valence-corrected chi connectivity index (χ0v) is 27.9. The zero-order chi connectivity index (χ0) is 31.9. The minimum Gasteiger partial charge on any atom is -0.352 e. The molecule has 1 atom stereocenters. The number of rotatable bonds is 12. The molecule has 7 nitrogen and oxygen atoms in total. The Hall–Kier alpha value is -3.66. The van der Waals surface area contributed by atoms with Gasteiger partial charge in [-0.2, -0.15) is 0 Å². The lowest BCUT2D eigenvalue weighted by molar-refractivity contribution is -0.140. The van der Waals surface area contributed by atoms with Gasteiger partial charge in [-0.15, -0.1) is 0 Å². The van der Waals surface area contributed by atoms with E-state index in [1.54, 1.807) is 36.4 Å². The molecule has 44 heavy (non-hydrogen) atoms. The Labute approximate surface area is 273 Å². The molecule has 10 heteroatoms. The molecule has 0 fully saturated rings. The van der Waals surface area contributed by atoms with E-state index in [4.69, 9.17) is 11.6 Å². The van der Waals surface area contributed by atoms with E-state index in [0.29, 0.717) is 5.02 Å². The summed E-state index contributed by atoms with van der Waals surface area (Å²) in [6, 6.07) is 28.6. The van der Waals surface area contributed by atoms with Crippen LogP contribution in [0.25, 0.3) is 0 Å². The van der Waals surface area contributed by atoms with Gasteiger partial charge < -0.3 is 10.2 Å². The number of aryl methyl sites for hydroxylation is 1.